The first-order valence-corrected chi connectivity index (χ1v) is 32.2. The van der Waals surface area contributed by atoms with E-state index in [2.05, 4.69) is 163 Å². The summed E-state index contributed by atoms with van der Waals surface area (Å²) in [5, 5.41) is 0. The van der Waals surface area contributed by atoms with Gasteiger partial charge in [0.2, 0.25) is 9.05 Å². The Morgan fingerprint density at radius 2 is 0.747 bits per heavy atom. The summed E-state index contributed by atoms with van der Waals surface area (Å²) >= 11 is 0. The van der Waals surface area contributed by atoms with Crippen LogP contribution in [0.4, 0.5) is 0 Å². The van der Waals surface area contributed by atoms with Crippen molar-refractivity contribution in [3.8, 4) is 28.7 Å². The molecule has 0 bridgehead atoms. The summed E-state index contributed by atoms with van der Waals surface area (Å²) in [6.45, 7) is 32.2. The highest BCUT2D eigenvalue weighted by Crippen LogP contribution is 2.42. The topological polar surface area (TPSA) is 114 Å². The van der Waals surface area contributed by atoms with Crippen LogP contribution in [0.15, 0.2) is 211 Å². The second-order valence-corrected chi connectivity index (χ2v) is 28.9. The fraction of sp³-hybridized carbons (Fsp3) is 0.329. The molecule has 0 N–H and O–H groups in total. The van der Waals surface area contributed by atoms with Crippen LogP contribution in [-0.4, -0.2) is 50.7 Å². The van der Waals surface area contributed by atoms with Crippen molar-refractivity contribution in [2.24, 2.45) is 5.92 Å². The van der Waals surface area contributed by atoms with Gasteiger partial charge in [-0.25, -0.2) is 8.42 Å². The van der Waals surface area contributed by atoms with Gasteiger partial charge in [-0.3, -0.25) is 9.59 Å². The molecule has 0 saturated carbocycles. The summed E-state index contributed by atoms with van der Waals surface area (Å²) in [7, 11) is 3.04. The number of ketones is 2. The third kappa shape index (κ3) is 16.3. The largest absolute Gasteiger partial charge is 0.490 e. The van der Waals surface area contributed by atoms with Crippen LogP contribution in [0.25, 0.3) is 0 Å². The van der Waals surface area contributed by atoms with Gasteiger partial charge in [-0.1, -0.05) is 160 Å². The molecule has 456 valence electrons. The molecule has 0 saturated heterocycles. The van der Waals surface area contributed by atoms with E-state index in [0.717, 1.165) is 51.2 Å². The second kappa shape index (κ2) is 26.7. The Balaban J connectivity index is 0.00000207. The molecule has 0 amide bonds. The van der Waals surface area contributed by atoms with E-state index in [1.54, 1.807) is 7.11 Å². The van der Waals surface area contributed by atoms with E-state index in [1.807, 2.05) is 152 Å². The minimum atomic E-state index is -3.19. The Morgan fingerprint density at radius 3 is 1.10 bits per heavy atom. The Kier molecular flexibility index (Phi) is 20.5. The van der Waals surface area contributed by atoms with Crippen molar-refractivity contribution in [2.45, 2.75) is 143 Å². The zero-order valence-corrected chi connectivity index (χ0v) is 55.2. The smallest absolute Gasteiger partial charge is 0.229 e. The lowest BCUT2D eigenvalue weighted by atomic mass is 9.71. The molecule has 9 nitrogen and oxygen atoms in total. The number of hydrogen-bond donors (Lipinski definition) is 0. The molecule has 7 aromatic rings. The normalized spacial score (nSPS) is 13.6. The van der Waals surface area contributed by atoms with Crippen LogP contribution < -0.4 is 14.2 Å². The van der Waals surface area contributed by atoms with E-state index in [-0.39, 0.29) is 39.5 Å². The van der Waals surface area contributed by atoms with Crippen molar-refractivity contribution in [1.29, 1.82) is 0 Å². The molecule has 8 rings (SSSR count). The number of ether oxygens (including phenoxy) is 5. The number of allylic oxidation sites excluding steroid dienone is 4. The van der Waals surface area contributed by atoms with Crippen molar-refractivity contribution in [3.63, 3.8) is 0 Å². The minimum Gasteiger partial charge on any atom is -0.490 e. The average Bonchev–Trinajstić information content (AvgIpc) is 3.35. The number of rotatable bonds is 22. The SMILES string of the molecule is COC(C)(C)C(C)(C)c1ccc(C(=O)c2ccc(Oc3ccc(C(C)(C)c4ccc(OC(C)(C)C(C)(C)c5ccc(C(=O)c6ccc(Oc7ccc(C(C)(C)C8=CC=C(OC(C)C(C)C)C=C=C8)cc7)cc6)cc5)cc4)cc3)cc2)cc1.CS(=O)(=O)Cl. The van der Waals surface area contributed by atoms with E-state index >= 15 is 0 Å². The molecule has 87 heavy (non-hydrogen) atoms. The number of carbonyl (C=O) groups is 2. The Bertz CT molecular complexity index is 3760. The zero-order chi connectivity index (χ0) is 63.9. The van der Waals surface area contributed by atoms with Crippen molar-refractivity contribution in [1.82, 2.24) is 0 Å². The van der Waals surface area contributed by atoms with Crippen LogP contribution in [0, 0.1) is 5.92 Å². The van der Waals surface area contributed by atoms with Gasteiger partial charge < -0.3 is 23.7 Å². The molecule has 0 heterocycles. The number of hydrogen-bond acceptors (Lipinski definition) is 9. The van der Waals surface area contributed by atoms with Crippen LogP contribution in [0.2, 0.25) is 0 Å². The van der Waals surface area contributed by atoms with Gasteiger partial charge in [-0.05, 0) is 171 Å². The molecule has 0 aromatic heterocycles. The van der Waals surface area contributed by atoms with Crippen molar-refractivity contribution < 1.29 is 41.7 Å². The molecule has 0 radical (unpaired) electrons. The maximum Gasteiger partial charge on any atom is 0.229 e. The Labute approximate surface area is 522 Å². The molecular weight excluding hydrogens is 1120 g/mol. The van der Waals surface area contributed by atoms with Crippen LogP contribution in [0.3, 0.4) is 0 Å². The van der Waals surface area contributed by atoms with Crippen molar-refractivity contribution in [3.05, 3.63) is 261 Å². The summed E-state index contributed by atoms with van der Waals surface area (Å²) in [6.07, 6.45) is 9.10. The summed E-state index contributed by atoms with van der Waals surface area (Å²) in [6, 6.07) is 54.9. The highest BCUT2D eigenvalue weighted by molar-refractivity contribution is 8.13. The predicted octanol–water partition coefficient (Wildman–Crippen LogP) is 19.0. The van der Waals surface area contributed by atoms with Gasteiger partial charge >= 0.3 is 0 Å². The quantitative estimate of drug-likeness (QED) is 0.0372. The van der Waals surface area contributed by atoms with Gasteiger partial charge in [-0.2, -0.15) is 0 Å². The lowest BCUT2D eigenvalue weighted by molar-refractivity contribution is -0.0341. The zero-order valence-electron chi connectivity index (χ0n) is 53.6. The van der Waals surface area contributed by atoms with Crippen molar-refractivity contribution in [2.75, 3.05) is 13.4 Å². The van der Waals surface area contributed by atoms with E-state index in [4.69, 9.17) is 23.7 Å². The van der Waals surface area contributed by atoms with E-state index < -0.39 is 20.1 Å². The maximum absolute atomic E-state index is 13.8. The van der Waals surface area contributed by atoms with Gasteiger partial charge in [0.05, 0.1) is 18.0 Å². The lowest BCUT2D eigenvalue weighted by Gasteiger charge is -2.42. The van der Waals surface area contributed by atoms with Gasteiger partial charge in [0.15, 0.2) is 11.6 Å². The first-order valence-electron chi connectivity index (χ1n) is 29.5. The molecule has 1 aliphatic rings. The Morgan fingerprint density at radius 1 is 0.437 bits per heavy atom. The molecule has 1 atom stereocenters. The highest BCUT2D eigenvalue weighted by atomic mass is 35.7. The van der Waals surface area contributed by atoms with E-state index in [9.17, 15) is 18.0 Å². The number of methoxy groups -OCH3 is 1. The van der Waals surface area contributed by atoms with Crippen LogP contribution in [-0.2, 0) is 40.2 Å². The van der Waals surface area contributed by atoms with Gasteiger partial charge in [0.25, 0.3) is 0 Å². The lowest BCUT2D eigenvalue weighted by Crippen LogP contribution is -2.47. The first-order chi connectivity index (χ1) is 40.6. The van der Waals surface area contributed by atoms with Crippen LogP contribution in [0.1, 0.15) is 164 Å². The van der Waals surface area contributed by atoms with E-state index in [1.165, 1.54) is 0 Å². The van der Waals surface area contributed by atoms with Gasteiger partial charge in [-0.15, -0.1) is 5.73 Å². The first kappa shape index (κ1) is 66.8. The molecule has 11 heteroatoms. The molecule has 1 aliphatic carbocycles. The molecular formula is C76H85ClO9S. The molecule has 0 spiro atoms. The molecule has 0 aliphatic heterocycles. The molecule has 7 aromatic carbocycles. The average molecular weight is 1210 g/mol. The summed E-state index contributed by atoms with van der Waals surface area (Å²) in [5.41, 5.74) is 10.2. The monoisotopic (exact) mass is 1210 g/mol. The second-order valence-electron chi connectivity index (χ2n) is 25.9. The van der Waals surface area contributed by atoms with Crippen LogP contribution in [0.5, 0.6) is 28.7 Å². The summed E-state index contributed by atoms with van der Waals surface area (Å²) < 4.78 is 49.9. The molecule has 1 unspecified atom stereocenters. The third-order valence-corrected chi connectivity index (χ3v) is 17.9. The summed E-state index contributed by atoms with van der Waals surface area (Å²) in [4.78, 5) is 27.2. The van der Waals surface area contributed by atoms with Crippen molar-refractivity contribution >= 4 is 31.3 Å². The number of halogens is 1. The Hall–Kier alpha value is -7.72. The van der Waals surface area contributed by atoms with Crippen LogP contribution >= 0.6 is 10.7 Å². The highest BCUT2D eigenvalue weighted by Gasteiger charge is 2.41. The minimum absolute atomic E-state index is 0.0429. The third-order valence-electron chi connectivity index (χ3n) is 17.9. The predicted molar refractivity (Wildman–Crippen MR) is 354 cm³/mol. The van der Waals surface area contributed by atoms with Gasteiger partial charge in [0, 0.05) is 67.8 Å². The fourth-order valence-electron chi connectivity index (χ4n) is 9.85. The fourth-order valence-corrected chi connectivity index (χ4v) is 9.85. The molecule has 0 fully saturated rings. The standard InChI is InChI=1S/C75H82O7.CH3ClO2S/c1-50(2)51(3)79-62-19-17-18-56(32-43-62)70(4,5)57-33-44-65(45-34-57)80-63-41-26-55(27-42-63)69(77)53-22-30-61(31-23-53)73(10,11)75(14,15)82-67-48-37-59(38-49-67)71(6,7)58-35-46-66(47-36-58)81-64-39-24-54(25-40-64)68(76)52-20-28-60(29-21-52)72(8,9)74(12,13)78-16;1-5(2,3)4/h18-51H,1-16H3;1H3. The maximum atomic E-state index is 13.8. The number of benzene rings is 7. The van der Waals surface area contributed by atoms with E-state index in [0.29, 0.717) is 51.2 Å². The van der Waals surface area contributed by atoms with Gasteiger partial charge in [0.1, 0.15) is 40.1 Å². The summed E-state index contributed by atoms with van der Waals surface area (Å²) in [5.74, 6) is 4.59. The number of carbonyl (C=O) groups excluding carboxylic acids is 2.